The first-order valence-electron chi connectivity index (χ1n) is 8.30. The molecule has 2 aromatic rings. The fourth-order valence-electron chi connectivity index (χ4n) is 2.45. The van der Waals surface area contributed by atoms with Crippen molar-refractivity contribution < 1.29 is 19.0 Å². The third-order valence-corrected chi connectivity index (χ3v) is 4.73. The third kappa shape index (κ3) is 4.62. The highest BCUT2D eigenvalue weighted by molar-refractivity contribution is 14.1. The summed E-state index contributed by atoms with van der Waals surface area (Å²) >= 11 is 8.37. The summed E-state index contributed by atoms with van der Waals surface area (Å²) in [5, 5.41) is 0.474. The molecule has 0 atom stereocenters. The molecule has 2 aromatic carbocycles. The Bertz CT molecular complexity index is 940. The van der Waals surface area contributed by atoms with Crippen LogP contribution in [0.3, 0.4) is 0 Å². The number of ether oxygens (including phenoxy) is 3. The topological polar surface area (TPSA) is 57.1 Å². The quantitative estimate of drug-likeness (QED) is 0.317. The normalized spacial score (nSPS) is 14.9. The Hall–Kier alpha value is -2.06. The lowest BCUT2D eigenvalue weighted by molar-refractivity contribution is -0.129. The molecular weight excluding hydrogens is 481 g/mol. The second-order valence-electron chi connectivity index (χ2n) is 5.72. The predicted octanol–water partition coefficient (Wildman–Crippen LogP) is 5.09. The molecule has 1 heterocycles. The highest BCUT2D eigenvalue weighted by Gasteiger charge is 2.26. The smallest absolute Gasteiger partial charge is 0.363 e. The van der Waals surface area contributed by atoms with Crippen LogP contribution in [0.1, 0.15) is 24.5 Å². The van der Waals surface area contributed by atoms with Crippen LogP contribution in [-0.2, 0) is 9.53 Å². The van der Waals surface area contributed by atoms with E-state index in [-0.39, 0.29) is 11.6 Å². The van der Waals surface area contributed by atoms with Crippen molar-refractivity contribution in [2.24, 2.45) is 4.99 Å². The van der Waals surface area contributed by atoms with Gasteiger partial charge in [0.25, 0.3) is 0 Å². The fourth-order valence-corrected chi connectivity index (χ4v) is 3.14. The highest BCUT2D eigenvalue weighted by atomic mass is 127. The zero-order valence-corrected chi connectivity index (χ0v) is 17.7. The number of esters is 1. The fraction of sp³-hybridized carbons (Fsp3) is 0.200. The maximum absolute atomic E-state index is 12.2. The van der Waals surface area contributed by atoms with Gasteiger partial charge in [-0.3, -0.25) is 0 Å². The summed E-state index contributed by atoms with van der Waals surface area (Å²) in [4.78, 5) is 16.5. The predicted molar refractivity (Wildman–Crippen MR) is 114 cm³/mol. The van der Waals surface area contributed by atoms with E-state index in [0.717, 1.165) is 15.6 Å². The Kier molecular flexibility index (Phi) is 6.38. The number of hydrogen-bond donors (Lipinski definition) is 0. The molecule has 1 aliphatic rings. The molecule has 0 N–H and O–H groups in total. The molecule has 0 aromatic heterocycles. The van der Waals surface area contributed by atoms with Crippen LogP contribution in [0.5, 0.6) is 11.5 Å². The van der Waals surface area contributed by atoms with E-state index < -0.39 is 5.97 Å². The molecule has 0 aliphatic carbocycles. The minimum absolute atomic E-state index is 0.198. The number of rotatable bonds is 6. The monoisotopic (exact) mass is 497 g/mol. The molecule has 7 heteroatoms. The second kappa shape index (κ2) is 8.75. The molecule has 0 unspecified atom stereocenters. The Labute approximate surface area is 176 Å². The Morgan fingerprint density at radius 1 is 1.22 bits per heavy atom. The van der Waals surface area contributed by atoms with Crippen molar-refractivity contribution in [1.29, 1.82) is 0 Å². The van der Waals surface area contributed by atoms with Gasteiger partial charge in [-0.1, -0.05) is 24.6 Å². The first kappa shape index (κ1) is 19.7. The first-order chi connectivity index (χ1) is 13.0. The van der Waals surface area contributed by atoms with Crippen LogP contribution >= 0.6 is 34.2 Å². The Balaban J connectivity index is 1.91. The average molecular weight is 498 g/mol. The van der Waals surface area contributed by atoms with Crippen molar-refractivity contribution in [2.75, 3.05) is 13.7 Å². The molecule has 0 saturated carbocycles. The van der Waals surface area contributed by atoms with Crippen molar-refractivity contribution in [1.82, 2.24) is 0 Å². The lowest BCUT2D eigenvalue weighted by Gasteiger charge is -2.10. The summed E-state index contributed by atoms with van der Waals surface area (Å²) in [6, 6.07) is 10.9. The zero-order valence-electron chi connectivity index (χ0n) is 14.8. The molecule has 3 rings (SSSR count). The summed E-state index contributed by atoms with van der Waals surface area (Å²) in [6.45, 7) is 2.64. The maximum atomic E-state index is 12.2. The van der Waals surface area contributed by atoms with E-state index >= 15 is 0 Å². The molecule has 1 aliphatic heterocycles. The molecule has 0 radical (unpaired) electrons. The highest BCUT2D eigenvalue weighted by Crippen LogP contribution is 2.30. The van der Waals surface area contributed by atoms with Gasteiger partial charge in [-0.15, -0.1) is 0 Å². The van der Waals surface area contributed by atoms with E-state index in [1.165, 1.54) is 0 Å². The van der Waals surface area contributed by atoms with Gasteiger partial charge in [0.05, 0.1) is 24.3 Å². The van der Waals surface area contributed by atoms with E-state index in [4.69, 9.17) is 25.8 Å². The average Bonchev–Trinajstić information content (AvgIpc) is 3.02. The minimum Gasteiger partial charge on any atom is -0.493 e. The van der Waals surface area contributed by atoms with E-state index in [9.17, 15) is 4.79 Å². The lowest BCUT2D eigenvalue weighted by atomic mass is 10.1. The van der Waals surface area contributed by atoms with Crippen LogP contribution in [0.15, 0.2) is 47.1 Å². The van der Waals surface area contributed by atoms with Crippen molar-refractivity contribution in [3.05, 3.63) is 61.8 Å². The lowest BCUT2D eigenvalue weighted by Crippen LogP contribution is -2.06. The third-order valence-electron chi connectivity index (χ3n) is 3.73. The van der Waals surface area contributed by atoms with E-state index in [1.54, 1.807) is 25.3 Å². The molecule has 140 valence electrons. The van der Waals surface area contributed by atoms with Gasteiger partial charge in [-0.2, -0.15) is 0 Å². The first-order valence-corrected chi connectivity index (χ1v) is 9.76. The summed E-state index contributed by atoms with van der Waals surface area (Å²) in [5.74, 6) is 0.925. The molecule has 5 nitrogen and oxygen atoms in total. The number of nitrogens with zero attached hydrogens (tertiary/aromatic N) is 1. The van der Waals surface area contributed by atoms with Crippen LogP contribution in [-0.4, -0.2) is 25.6 Å². The van der Waals surface area contributed by atoms with Gasteiger partial charge in [0.2, 0.25) is 5.90 Å². The van der Waals surface area contributed by atoms with Crippen LogP contribution in [0, 0.1) is 3.57 Å². The number of carbonyl (C=O) groups excluding carboxylic acids is 1. The summed E-state index contributed by atoms with van der Waals surface area (Å²) in [6.07, 6.45) is 2.54. The van der Waals surface area contributed by atoms with Gasteiger partial charge < -0.3 is 14.2 Å². The summed E-state index contributed by atoms with van der Waals surface area (Å²) in [5.41, 5.74) is 1.53. The van der Waals surface area contributed by atoms with E-state index in [0.29, 0.717) is 28.7 Å². The van der Waals surface area contributed by atoms with Gasteiger partial charge in [-0.05, 0) is 71.0 Å². The number of benzene rings is 2. The van der Waals surface area contributed by atoms with Crippen LogP contribution in [0.4, 0.5) is 0 Å². The number of halogens is 2. The number of aliphatic imine (C=N–C) groups is 1. The van der Waals surface area contributed by atoms with Gasteiger partial charge in [-0.25, -0.2) is 9.79 Å². The van der Waals surface area contributed by atoms with Gasteiger partial charge in [0, 0.05) is 3.57 Å². The molecular formula is C20H17ClINO4. The standard InChI is InChI=1S/C20H17ClINO4/c1-3-8-26-17-7-4-12(10-18(17)25-2)9-16-20(24)27-19(23-16)14-11-13(22)5-6-15(14)21/h4-7,9-11H,3,8H2,1-2H3/b16-9-. The van der Waals surface area contributed by atoms with Crippen molar-refractivity contribution in [2.45, 2.75) is 13.3 Å². The summed E-state index contributed by atoms with van der Waals surface area (Å²) in [7, 11) is 1.57. The molecule has 0 bridgehead atoms. The Morgan fingerprint density at radius 2 is 2.04 bits per heavy atom. The van der Waals surface area contributed by atoms with Crippen molar-refractivity contribution in [3.63, 3.8) is 0 Å². The van der Waals surface area contributed by atoms with Gasteiger partial charge >= 0.3 is 5.97 Å². The second-order valence-corrected chi connectivity index (χ2v) is 7.37. The molecule has 27 heavy (non-hydrogen) atoms. The largest absolute Gasteiger partial charge is 0.493 e. The number of cyclic esters (lactones) is 1. The van der Waals surface area contributed by atoms with Gasteiger partial charge in [0.15, 0.2) is 17.2 Å². The summed E-state index contributed by atoms with van der Waals surface area (Å²) < 4.78 is 17.3. The van der Waals surface area contributed by atoms with E-state index in [1.807, 2.05) is 31.2 Å². The number of carbonyl (C=O) groups is 1. The minimum atomic E-state index is -0.523. The van der Waals surface area contributed by atoms with Crippen molar-refractivity contribution >= 4 is 52.1 Å². The number of hydrogen-bond acceptors (Lipinski definition) is 5. The SMILES string of the molecule is CCCOc1ccc(/C=C2\N=C(c3cc(I)ccc3Cl)OC2=O)cc1OC. The van der Waals surface area contributed by atoms with Gasteiger partial charge in [0.1, 0.15) is 0 Å². The van der Waals surface area contributed by atoms with Crippen molar-refractivity contribution in [3.8, 4) is 11.5 Å². The molecule has 0 amide bonds. The Morgan fingerprint density at radius 3 is 2.78 bits per heavy atom. The zero-order chi connectivity index (χ0) is 19.4. The molecule has 0 spiro atoms. The van der Waals surface area contributed by atoms with Crippen LogP contribution in [0.25, 0.3) is 6.08 Å². The maximum Gasteiger partial charge on any atom is 0.363 e. The molecule has 0 saturated heterocycles. The molecule has 0 fully saturated rings. The van der Waals surface area contributed by atoms with Crippen LogP contribution < -0.4 is 9.47 Å². The number of methoxy groups -OCH3 is 1. The van der Waals surface area contributed by atoms with E-state index in [2.05, 4.69) is 27.6 Å². The van der Waals surface area contributed by atoms with Crippen LogP contribution in [0.2, 0.25) is 5.02 Å².